The van der Waals surface area contributed by atoms with Crippen molar-refractivity contribution in [2.75, 3.05) is 17.6 Å². The molecule has 0 atom stereocenters. The van der Waals surface area contributed by atoms with E-state index in [0.29, 0.717) is 10.7 Å². The lowest BCUT2D eigenvalue weighted by Crippen LogP contribution is -2.33. The van der Waals surface area contributed by atoms with Crippen molar-refractivity contribution in [3.63, 3.8) is 0 Å². The van der Waals surface area contributed by atoms with E-state index in [4.69, 9.17) is 11.6 Å². The molecule has 0 saturated heterocycles. The Morgan fingerprint density at radius 1 is 1.04 bits per heavy atom. The maximum Gasteiger partial charge on any atom is 0.243 e. The fraction of sp³-hybridized carbons (Fsp3) is 0.105. The van der Waals surface area contributed by atoms with Crippen molar-refractivity contribution in [2.24, 2.45) is 0 Å². The number of hydrogen-bond donors (Lipinski definition) is 2. The van der Waals surface area contributed by atoms with Gasteiger partial charge in [0.05, 0.1) is 23.0 Å². The van der Waals surface area contributed by atoms with Crippen LogP contribution >= 0.6 is 23.4 Å². The molecular formula is C19H17ClN4O2S. The van der Waals surface area contributed by atoms with Crippen LogP contribution < -0.4 is 10.6 Å². The van der Waals surface area contributed by atoms with E-state index in [2.05, 4.69) is 15.7 Å². The summed E-state index contributed by atoms with van der Waals surface area (Å²) in [6.45, 7) is -0.0944. The van der Waals surface area contributed by atoms with Crippen LogP contribution in [0.3, 0.4) is 0 Å². The Kier molecular flexibility index (Phi) is 6.51. The van der Waals surface area contributed by atoms with Gasteiger partial charge in [0.25, 0.3) is 0 Å². The summed E-state index contributed by atoms with van der Waals surface area (Å²) in [6, 6.07) is 16.4. The first-order valence-corrected chi connectivity index (χ1v) is 9.52. The Labute approximate surface area is 165 Å². The minimum Gasteiger partial charge on any atom is -0.346 e. The zero-order chi connectivity index (χ0) is 19.1. The molecule has 0 radical (unpaired) electrons. The first-order chi connectivity index (χ1) is 13.1. The number of aromatic nitrogens is 2. The van der Waals surface area contributed by atoms with Crippen LogP contribution in [0.1, 0.15) is 0 Å². The van der Waals surface area contributed by atoms with Gasteiger partial charge in [0.1, 0.15) is 0 Å². The summed E-state index contributed by atoms with van der Waals surface area (Å²) in [5, 5.41) is 10.1. The van der Waals surface area contributed by atoms with Crippen LogP contribution in [0.5, 0.6) is 0 Å². The van der Waals surface area contributed by atoms with E-state index < -0.39 is 0 Å². The summed E-state index contributed by atoms with van der Waals surface area (Å²) in [6.07, 6.45) is 3.53. The third kappa shape index (κ3) is 5.60. The van der Waals surface area contributed by atoms with Crippen molar-refractivity contribution in [1.29, 1.82) is 0 Å². The summed E-state index contributed by atoms with van der Waals surface area (Å²) in [7, 11) is 0. The second-order valence-corrected chi connectivity index (χ2v) is 6.97. The lowest BCUT2D eigenvalue weighted by molar-refractivity contribution is -0.122. The fourth-order valence-electron chi connectivity index (χ4n) is 2.26. The summed E-state index contributed by atoms with van der Waals surface area (Å²) < 4.78 is 1.72. The molecule has 0 saturated carbocycles. The molecule has 27 heavy (non-hydrogen) atoms. The van der Waals surface area contributed by atoms with E-state index in [1.165, 1.54) is 11.8 Å². The van der Waals surface area contributed by atoms with Gasteiger partial charge in [0.15, 0.2) is 0 Å². The molecule has 3 aromatic rings. The van der Waals surface area contributed by atoms with Crippen LogP contribution in [0.15, 0.2) is 71.9 Å². The van der Waals surface area contributed by atoms with Gasteiger partial charge >= 0.3 is 0 Å². The van der Waals surface area contributed by atoms with Gasteiger partial charge in [0.2, 0.25) is 11.8 Å². The molecule has 2 N–H and O–H groups in total. The van der Waals surface area contributed by atoms with Gasteiger partial charge in [-0.3, -0.25) is 9.59 Å². The van der Waals surface area contributed by atoms with E-state index >= 15 is 0 Å². The van der Waals surface area contributed by atoms with E-state index in [1.54, 1.807) is 29.1 Å². The quantitative estimate of drug-likeness (QED) is 0.596. The van der Waals surface area contributed by atoms with Gasteiger partial charge in [-0.2, -0.15) is 5.10 Å². The van der Waals surface area contributed by atoms with Crippen molar-refractivity contribution in [1.82, 2.24) is 15.1 Å². The summed E-state index contributed by atoms with van der Waals surface area (Å²) in [5.74, 6) is -0.336. The van der Waals surface area contributed by atoms with Crippen LogP contribution in [0.2, 0.25) is 5.02 Å². The number of benzene rings is 2. The number of nitrogens with zero attached hydrogens (tertiary/aromatic N) is 2. The predicted molar refractivity (Wildman–Crippen MR) is 107 cm³/mol. The lowest BCUT2D eigenvalue weighted by Gasteiger charge is -2.08. The average molecular weight is 401 g/mol. The predicted octanol–water partition coefficient (Wildman–Crippen LogP) is 3.37. The van der Waals surface area contributed by atoms with Crippen molar-refractivity contribution in [3.05, 3.63) is 72.0 Å². The molecular weight excluding hydrogens is 384 g/mol. The monoisotopic (exact) mass is 400 g/mol. The van der Waals surface area contributed by atoms with Crippen LogP contribution in [0, 0.1) is 0 Å². The van der Waals surface area contributed by atoms with Crippen molar-refractivity contribution in [3.8, 4) is 5.69 Å². The zero-order valence-corrected chi connectivity index (χ0v) is 15.8. The van der Waals surface area contributed by atoms with Crippen LogP contribution in [0.25, 0.3) is 5.69 Å². The van der Waals surface area contributed by atoms with Gasteiger partial charge in [-0.05, 0) is 42.5 Å². The lowest BCUT2D eigenvalue weighted by atomic mass is 10.3. The Balaban J connectivity index is 1.42. The molecule has 2 aromatic carbocycles. The second-order valence-electron chi connectivity index (χ2n) is 5.54. The van der Waals surface area contributed by atoms with E-state index in [0.717, 1.165) is 10.6 Å². The summed E-state index contributed by atoms with van der Waals surface area (Å²) in [4.78, 5) is 24.7. The van der Waals surface area contributed by atoms with Gasteiger partial charge in [-0.25, -0.2) is 4.68 Å². The van der Waals surface area contributed by atoms with Gasteiger partial charge < -0.3 is 10.6 Å². The first-order valence-electron chi connectivity index (χ1n) is 8.16. The van der Waals surface area contributed by atoms with Crippen molar-refractivity contribution in [2.45, 2.75) is 4.90 Å². The van der Waals surface area contributed by atoms with E-state index in [1.807, 2.05) is 42.6 Å². The molecule has 8 heteroatoms. The Bertz CT molecular complexity index is 914. The normalized spacial score (nSPS) is 10.4. The molecule has 0 aliphatic carbocycles. The third-order valence-corrected chi connectivity index (χ3v) is 5.08. The second kappa shape index (κ2) is 9.25. The number of hydrogen-bond acceptors (Lipinski definition) is 4. The number of carbonyl (C=O) groups is 2. The molecule has 0 aliphatic rings. The van der Waals surface area contributed by atoms with Gasteiger partial charge in [-0.1, -0.05) is 23.7 Å². The molecule has 2 amide bonds. The van der Waals surface area contributed by atoms with Crippen molar-refractivity contribution < 1.29 is 9.59 Å². The molecule has 0 bridgehead atoms. The maximum atomic E-state index is 12.0. The van der Waals surface area contributed by atoms with Gasteiger partial charge in [0, 0.05) is 23.0 Å². The highest BCUT2D eigenvalue weighted by Gasteiger charge is 2.08. The topological polar surface area (TPSA) is 76.0 Å². The standard InChI is InChI=1S/C19H17ClN4O2S/c20-16-4-1-2-5-17(16)27-13-19(26)21-12-18(25)23-14-6-8-15(9-7-14)24-11-3-10-22-24/h1-11H,12-13H2,(H,21,26)(H,23,25). The number of amides is 2. The minimum absolute atomic E-state index is 0.0944. The molecule has 138 valence electrons. The molecule has 6 nitrogen and oxygen atoms in total. The highest BCUT2D eigenvalue weighted by Crippen LogP contribution is 2.26. The fourth-order valence-corrected chi connectivity index (χ4v) is 3.33. The number of carbonyl (C=O) groups excluding carboxylic acids is 2. The smallest absolute Gasteiger partial charge is 0.243 e. The number of thioether (sulfide) groups is 1. The number of rotatable bonds is 7. The molecule has 3 rings (SSSR count). The average Bonchev–Trinajstić information content (AvgIpc) is 3.21. The highest BCUT2D eigenvalue weighted by atomic mass is 35.5. The molecule has 1 heterocycles. The van der Waals surface area contributed by atoms with Gasteiger partial charge in [-0.15, -0.1) is 11.8 Å². The molecule has 0 spiro atoms. The Hall–Kier alpha value is -2.77. The van der Waals surface area contributed by atoms with Crippen molar-refractivity contribution >= 4 is 40.9 Å². The number of anilines is 1. The van der Waals surface area contributed by atoms with E-state index in [-0.39, 0.29) is 24.1 Å². The summed E-state index contributed by atoms with van der Waals surface area (Å²) >= 11 is 7.37. The molecule has 0 aliphatic heterocycles. The number of nitrogens with one attached hydrogen (secondary N) is 2. The minimum atomic E-state index is -0.294. The Morgan fingerprint density at radius 2 is 1.81 bits per heavy atom. The highest BCUT2D eigenvalue weighted by molar-refractivity contribution is 8.00. The zero-order valence-electron chi connectivity index (χ0n) is 14.3. The third-order valence-electron chi connectivity index (χ3n) is 3.56. The van der Waals surface area contributed by atoms with E-state index in [9.17, 15) is 9.59 Å². The molecule has 0 fully saturated rings. The van der Waals surface area contributed by atoms with Crippen LogP contribution in [-0.2, 0) is 9.59 Å². The molecule has 0 unspecified atom stereocenters. The Morgan fingerprint density at radius 3 is 2.52 bits per heavy atom. The summed E-state index contributed by atoms with van der Waals surface area (Å²) in [5.41, 5.74) is 1.54. The largest absolute Gasteiger partial charge is 0.346 e. The SMILES string of the molecule is O=C(CSc1ccccc1Cl)NCC(=O)Nc1ccc(-n2cccn2)cc1. The first kappa shape index (κ1) is 19.0. The maximum absolute atomic E-state index is 12.0. The number of halogens is 1. The van der Waals surface area contributed by atoms with Crippen LogP contribution in [0.4, 0.5) is 5.69 Å². The van der Waals surface area contributed by atoms with Crippen LogP contribution in [-0.4, -0.2) is 33.9 Å². The molecule has 1 aromatic heterocycles.